The molecule has 0 aliphatic heterocycles. The lowest BCUT2D eigenvalue weighted by atomic mass is 10.1. The fraction of sp³-hybridized carbons (Fsp3) is 0.0667. The average Bonchev–Trinajstić information content (AvgIpc) is 2.48. The first kappa shape index (κ1) is 14.6. The molecule has 106 valence electrons. The molecule has 21 heavy (non-hydrogen) atoms. The Kier molecular flexibility index (Phi) is 4.59. The first-order valence-corrected chi connectivity index (χ1v) is 6.01. The number of amides is 1. The van der Waals surface area contributed by atoms with Gasteiger partial charge in [-0.3, -0.25) is 4.79 Å². The number of rotatable bonds is 2. The predicted molar refractivity (Wildman–Crippen MR) is 74.5 cm³/mol. The van der Waals surface area contributed by atoms with Crippen LogP contribution in [0, 0.1) is 23.5 Å². The van der Waals surface area contributed by atoms with Crippen molar-refractivity contribution < 1.29 is 13.6 Å². The van der Waals surface area contributed by atoms with Crippen molar-refractivity contribution in [2.75, 3.05) is 11.9 Å². The Bertz CT molecular complexity index is 718. The summed E-state index contributed by atoms with van der Waals surface area (Å²) < 4.78 is 26.0. The predicted octanol–water partition coefficient (Wildman–Crippen LogP) is 1.92. The molecule has 0 unspecified atom stereocenters. The van der Waals surface area contributed by atoms with Crippen molar-refractivity contribution in [2.24, 2.45) is 5.73 Å². The summed E-state index contributed by atoms with van der Waals surface area (Å²) >= 11 is 0. The number of hydrogen-bond acceptors (Lipinski definition) is 3. The van der Waals surface area contributed by atoms with E-state index in [2.05, 4.69) is 22.1 Å². The van der Waals surface area contributed by atoms with Crippen LogP contribution in [0.1, 0.15) is 16.1 Å². The van der Waals surface area contributed by atoms with E-state index >= 15 is 0 Å². The zero-order chi connectivity index (χ0) is 15.2. The van der Waals surface area contributed by atoms with Gasteiger partial charge in [0, 0.05) is 0 Å². The van der Waals surface area contributed by atoms with Crippen LogP contribution in [0.4, 0.5) is 14.5 Å². The van der Waals surface area contributed by atoms with Crippen molar-refractivity contribution in [3.63, 3.8) is 0 Å². The summed E-state index contributed by atoms with van der Waals surface area (Å²) in [6.45, 7) is 0.115. The molecule has 4 nitrogen and oxygen atoms in total. The van der Waals surface area contributed by atoms with Gasteiger partial charge in [0.1, 0.15) is 17.3 Å². The van der Waals surface area contributed by atoms with Gasteiger partial charge in [-0.25, -0.2) is 13.8 Å². The van der Waals surface area contributed by atoms with Crippen molar-refractivity contribution in [2.45, 2.75) is 0 Å². The molecule has 6 heteroatoms. The second-order valence-corrected chi connectivity index (χ2v) is 4.01. The van der Waals surface area contributed by atoms with Gasteiger partial charge < -0.3 is 11.1 Å². The van der Waals surface area contributed by atoms with E-state index in [1.165, 1.54) is 24.3 Å². The lowest BCUT2D eigenvalue weighted by Crippen LogP contribution is -2.14. The van der Waals surface area contributed by atoms with Crippen LogP contribution < -0.4 is 11.1 Å². The van der Waals surface area contributed by atoms with E-state index < -0.39 is 17.5 Å². The highest BCUT2D eigenvalue weighted by Crippen LogP contribution is 2.17. The van der Waals surface area contributed by atoms with Crippen molar-refractivity contribution >= 4 is 11.6 Å². The molecule has 1 heterocycles. The van der Waals surface area contributed by atoms with Gasteiger partial charge in [0.15, 0.2) is 0 Å². The highest BCUT2D eigenvalue weighted by Gasteiger charge is 2.10. The molecule has 0 fully saturated rings. The molecule has 0 aliphatic rings. The maximum atomic E-state index is 13.2. The number of halogens is 2. The largest absolute Gasteiger partial charge is 0.320 e. The van der Waals surface area contributed by atoms with Crippen LogP contribution in [0.2, 0.25) is 0 Å². The Morgan fingerprint density at radius 1 is 1.24 bits per heavy atom. The van der Waals surface area contributed by atoms with Gasteiger partial charge in [-0.1, -0.05) is 11.8 Å². The van der Waals surface area contributed by atoms with Crippen LogP contribution in [-0.4, -0.2) is 17.4 Å². The van der Waals surface area contributed by atoms with Gasteiger partial charge in [-0.05, 0) is 30.3 Å². The van der Waals surface area contributed by atoms with Crippen LogP contribution in [-0.2, 0) is 0 Å². The number of anilines is 1. The Labute approximate surface area is 120 Å². The maximum Gasteiger partial charge on any atom is 0.274 e. The average molecular weight is 287 g/mol. The zero-order valence-electron chi connectivity index (χ0n) is 10.9. The lowest BCUT2D eigenvalue weighted by molar-refractivity contribution is 0.102. The van der Waals surface area contributed by atoms with E-state index in [1.807, 2.05) is 0 Å². The molecule has 0 bridgehead atoms. The van der Waals surface area contributed by atoms with Crippen molar-refractivity contribution in [1.82, 2.24) is 4.98 Å². The van der Waals surface area contributed by atoms with Crippen LogP contribution in [0.15, 0.2) is 36.5 Å². The molecule has 3 N–H and O–H groups in total. The molecule has 0 radical (unpaired) electrons. The van der Waals surface area contributed by atoms with E-state index in [-0.39, 0.29) is 12.2 Å². The van der Waals surface area contributed by atoms with Crippen LogP contribution in [0.3, 0.4) is 0 Å². The highest BCUT2D eigenvalue weighted by atomic mass is 19.1. The third kappa shape index (κ3) is 3.84. The van der Waals surface area contributed by atoms with E-state index in [1.54, 1.807) is 0 Å². The molecule has 0 aliphatic carbocycles. The fourth-order valence-corrected chi connectivity index (χ4v) is 1.57. The monoisotopic (exact) mass is 287 g/mol. The van der Waals surface area contributed by atoms with Crippen LogP contribution >= 0.6 is 0 Å². The van der Waals surface area contributed by atoms with Crippen molar-refractivity contribution in [3.05, 3.63) is 59.4 Å². The van der Waals surface area contributed by atoms with Crippen LogP contribution in [0.25, 0.3) is 0 Å². The molecule has 2 aromatic rings. The number of hydrogen-bond donors (Lipinski definition) is 2. The van der Waals surface area contributed by atoms with Crippen LogP contribution in [0.5, 0.6) is 0 Å². The van der Waals surface area contributed by atoms with Gasteiger partial charge in [0.25, 0.3) is 5.91 Å². The summed E-state index contributed by atoms with van der Waals surface area (Å²) in [6, 6.07) is 6.15. The number of benzene rings is 1. The van der Waals surface area contributed by atoms with E-state index in [0.29, 0.717) is 11.3 Å². The molecule has 2 rings (SSSR count). The molecule has 1 aromatic carbocycles. The Balaban J connectivity index is 2.26. The van der Waals surface area contributed by atoms with Gasteiger partial charge in [0.05, 0.1) is 24.0 Å². The molecule has 0 saturated carbocycles. The fourth-order valence-electron chi connectivity index (χ4n) is 1.57. The van der Waals surface area contributed by atoms with E-state index in [0.717, 1.165) is 12.3 Å². The lowest BCUT2D eigenvalue weighted by Gasteiger charge is -2.07. The van der Waals surface area contributed by atoms with E-state index in [4.69, 9.17) is 5.73 Å². The third-order valence-corrected chi connectivity index (χ3v) is 2.51. The summed E-state index contributed by atoms with van der Waals surface area (Å²) in [5, 5.41) is 2.55. The Morgan fingerprint density at radius 2 is 2.00 bits per heavy atom. The molecular formula is C15H11F2N3O. The Morgan fingerprint density at radius 3 is 2.67 bits per heavy atom. The summed E-state index contributed by atoms with van der Waals surface area (Å²) in [5.41, 5.74) is 5.94. The minimum absolute atomic E-state index is 0.0402. The normalized spacial score (nSPS) is 9.67. The summed E-state index contributed by atoms with van der Waals surface area (Å²) in [5.74, 6) is 3.70. The SMILES string of the molecule is NCC#Cc1cc(F)ccc1NC(=O)c1ccc(F)cn1. The first-order valence-electron chi connectivity index (χ1n) is 6.01. The molecule has 1 amide bonds. The first-order chi connectivity index (χ1) is 10.1. The second-order valence-electron chi connectivity index (χ2n) is 4.01. The number of nitrogens with one attached hydrogen (secondary N) is 1. The van der Waals surface area contributed by atoms with Crippen molar-refractivity contribution in [1.29, 1.82) is 0 Å². The minimum atomic E-state index is -0.544. The summed E-state index contributed by atoms with van der Waals surface area (Å²) in [6.07, 6.45) is 0.939. The van der Waals surface area contributed by atoms with E-state index in [9.17, 15) is 13.6 Å². The van der Waals surface area contributed by atoms with Gasteiger partial charge in [-0.15, -0.1) is 0 Å². The Hall–Kier alpha value is -2.78. The molecule has 0 atom stereocenters. The standard InChI is InChI=1S/C15H11F2N3O/c16-11-3-5-13(10(8-11)2-1-7-18)20-15(21)14-6-4-12(17)9-19-14/h3-6,8-9H,7,18H2,(H,20,21). The second kappa shape index (κ2) is 6.59. The zero-order valence-corrected chi connectivity index (χ0v) is 10.9. The number of aromatic nitrogens is 1. The number of carbonyl (C=O) groups is 1. The topological polar surface area (TPSA) is 68.0 Å². The minimum Gasteiger partial charge on any atom is -0.320 e. The highest BCUT2D eigenvalue weighted by molar-refractivity contribution is 6.03. The van der Waals surface area contributed by atoms with Gasteiger partial charge in [0.2, 0.25) is 0 Å². The summed E-state index contributed by atoms with van der Waals surface area (Å²) in [7, 11) is 0. The molecule has 0 saturated heterocycles. The quantitative estimate of drug-likeness (QED) is 0.829. The number of nitrogens with two attached hydrogens (primary N) is 1. The molecule has 1 aromatic heterocycles. The maximum absolute atomic E-state index is 13.2. The summed E-state index contributed by atoms with van der Waals surface area (Å²) in [4.78, 5) is 15.6. The number of nitrogens with zero attached hydrogens (tertiary/aromatic N) is 1. The molecular weight excluding hydrogens is 276 g/mol. The number of pyridine rings is 1. The van der Waals surface area contributed by atoms with Gasteiger partial charge in [-0.2, -0.15) is 0 Å². The van der Waals surface area contributed by atoms with Crippen molar-refractivity contribution in [3.8, 4) is 11.8 Å². The third-order valence-electron chi connectivity index (χ3n) is 2.51. The number of carbonyl (C=O) groups excluding carboxylic acids is 1. The smallest absolute Gasteiger partial charge is 0.274 e. The van der Waals surface area contributed by atoms with Gasteiger partial charge >= 0.3 is 0 Å². The molecule has 0 spiro atoms.